The minimum absolute atomic E-state index is 0.0300. The van der Waals surface area contributed by atoms with E-state index in [9.17, 15) is 9.59 Å². The number of carbonyl (C=O) groups excluding carboxylic acids is 2. The van der Waals surface area contributed by atoms with Gasteiger partial charge >= 0.3 is 0 Å². The van der Waals surface area contributed by atoms with Crippen molar-refractivity contribution < 1.29 is 19.1 Å². The highest BCUT2D eigenvalue weighted by atomic mass is 16.5. The average Bonchev–Trinajstić information content (AvgIpc) is 2.82. The molecule has 1 heterocycles. The van der Waals surface area contributed by atoms with Crippen LogP contribution in [0.2, 0.25) is 0 Å². The molecule has 156 valence electrons. The summed E-state index contributed by atoms with van der Waals surface area (Å²) in [5.74, 6) is 0.946. The normalized spacial score (nSPS) is 13.4. The fourth-order valence-electron chi connectivity index (χ4n) is 3.26. The SMILES string of the molecule is COc1ccc(C(=O)N2CCN(C(=O)CNc3ccc(C#N)cc3)CC2)cc1OC. The number of ether oxygens (including phenoxy) is 2. The molecule has 2 aromatic rings. The molecular formula is C22H24N4O4. The van der Waals surface area contributed by atoms with E-state index in [4.69, 9.17) is 14.7 Å². The van der Waals surface area contributed by atoms with Crippen molar-refractivity contribution in [2.45, 2.75) is 0 Å². The van der Waals surface area contributed by atoms with Crippen LogP contribution in [0, 0.1) is 11.3 Å². The van der Waals surface area contributed by atoms with E-state index in [-0.39, 0.29) is 18.4 Å². The van der Waals surface area contributed by atoms with Crippen LogP contribution in [0.3, 0.4) is 0 Å². The molecule has 1 N–H and O–H groups in total. The minimum Gasteiger partial charge on any atom is -0.493 e. The second kappa shape index (κ2) is 9.65. The van der Waals surface area contributed by atoms with Crippen molar-refractivity contribution >= 4 is 17.5 Å². The van der Waals surface area contributed by atoms with Crippen molar-refractivity contribution in [3.05, 3.63) is 53.6 Å². The molecule has 0 aromatic heterocycles. The van der Waals surface area contributed by atoms with Gasteiger partial charge in [0.1, 0.15) is 0 Å². The highest BCUT2D eigenvalue weighted by Gasteiger charge is 2.25. The summed E-state index contributed by atoms with van der Waals surface area (Å²) in [4.78, 5) is 28.8. The third kappa shape index (κ3) is 4.81. The summed E-state index contributed by atoms with van der Waals surface area (Å²) in [6.45, 7) is 2.06. The third-order valence-electron chi connectivity index (χ3n) is 5.01. The molecule has 0 saturated carbocycles. The summed E-state index contributed by atoms with van der Waals surface area (Å²) in [6, 6.07) is 14.1. The number of hydrogen-bond donors (Lipinski definition) is 1. The predicted molar refractivity (Wildman–Crippen MR) is 112 cm³/mol. The van der Waals surface area contributed by atoms with Crippen LogP contribution in [0.1, 0.15) is 15.9 Å². The lowest BCUT2D eigenvalue weighted by Crippen LogP contribution is -2.51. The van der Waals surface area contributed by atoms with Gasteiger partial charge in [-0.15, -0.1) is 0 Å². The molecule has 1 aliphatic rings. The molecule has 1 aliphatic heterocycles. The van der Waals surface area contributed by atoms with Gasteiger partial charge in [0.05, 0.1) is 32.4 Å². The fourth-order valence-corrected chi connectivity index (χ4v) is 3.26. The van der Waals surface area contributed by atoms with E-state index >= 15 is 0 Å². The van der Waals surface area contributed by atoms with Gasteiger partial charge in [0.15, 0.2) is 11.5 Å². The molecule has 30 heavy (non-hydrogen) atoms. The van der Waals surface area contributed by atoms with Gasteiger partial charge in [-0.3, -0.25) is 9.59 Å². The molecule has 0 bridgehead atoms. The molecule has 1 saturated heterocycles. The number of nitrogens with one attached hydrogen (secondary N) is 1. The maximum atomic E-state index is 12.8. The number of nitrogens with zero attached hydrogens (tertiary/aromatic N) is 3. The van der Waals surface area contributed by atoms with Crippen molar-refractivity contribution in [1.82, 2.24) is 9.80 Å². The molecule has 2 amide bonds. The number of piperazine rings is 1. The van der Waals surface area contributed by atoms with Gasteiger partial charge < -0.3 is 24.6 Å². The van der Waals surface area contributed by atoms with E-state index in [1.807, 2.05) is 0 Å². The lowest BCUT2D eigenvalue weighted by Gasteiger charge is -2.35. The summed E-state index contributed by atoms with van der Waals surface area (Å²) in [5, 5.41) is 11.9. The van der Waals surface area contributed by atoms with Crippen LogP contribution in [-0.2, 0) is 4.79 Å². The number of methoxy groups -OCH3 is 2. The Morgan fingerprint density at radius 2 is 1.60 bits per heavy atom. The molecular weight excluding hydrogens is 384 g/mol. The van der Waals surface area contributed by atoms with Crippen LogP contribution in [0.25, 0.3) is 0 Å². The molecule has 0 unspecified atom stereocenters. The van der Waals surface area contributed by atoms with E-state index < -0.39 is 0 Å². The first-order valence-corrected chi connectivity index (χ1v) is 9.59. The van der Waals surface area contributed by atoms with Crippen LogP contribution >= 0.6 is 0 Å². The van der Waals surface area contributed by atoms with Crippen LogP contribution in [0.5, 0.6) is 11.5 Å². The summed E-state index contributed by atoms with van der Waals surface area (Å²) in [7, 11) is 3.08. The molecule has 2 aromatic carbocycles. The Morgan fingerprint density at radius 3 is 2.20 bits per heavy atom. The first kappa shape index (κ1) is 21.0. The van der Waals surface area contributed by atoms with Gasteiger partial charge in [-0.1, -0.05) is 0 Å². The molecule has 3 rings (SSSR count). The van der Waals surface area contributed by atoms with Gasteiger partial charge in [-0.05, 0) is 42.5 Å². The minimum atomic E-state index is -0.0984. The Labute approximate surface area is 175 Å². The van der Waals surface area contributed by atoms with Gasteiger partial charge in [0, 0.05) is 37.4 Å². The first-order valence-electron chi connectivity index (χ1n) is 9.59. The number of nitriles is 1. The topological polar surface area (TPSA) is 94.9 Å². The smallest absolute Gasteiger partial charge is 0.254 e. The van der Waals surface area contributed by atoms with Gasteiger partial charge in [0.2, 0.25) is 5.91 Å². The number of hydrogen-bond acceptors (Lipinski definition) is 6. The first-order chi connectivity index (χ1) is 14.5. The zero-order valence-corrected chi connectivity index (χ0v) is 17.1. The largest absolute Gasteiger partial charge is 0.493 e. The van der Waals surface area contributed by atoms with Crippen molar-refractivity contribution in [3.63, 3.8) is 0 Å². The van der Waals surface area contributed by atoms with Crippen molar-refractivity contribution in [2.24, 2.45) is 0 Å². The van der Waals surface area contributed by atoms with Crippen molar-refractivity contribution in [2.75, 3.05) is 52.3 Å². The van der Waals surface area contributed by atoms with Crippen LogP contribution in [0.15, 0.2) is 42.5 Å². The Morgan fingerprint density at radius 1 is 0.967 bits per heavy atom. The molecule has 0 aliphatic carbocycles. The highest BCUT2D eigenvalue weighted by molar-refractivity contribution is 5.95. The van der Waals surface area contributed by atoms with E-state index in [1.54, 1.807) is 59.4 Å². The Bertz CT molecular complexity index is 945. The summed E-state index contributed by atoms with van der Waals surface area (Å²) in [5.41, 5.74) is 1.88. The zero-order chi connectivity index (χ0) is 21.5. The summed E-state index contributed by atoms with van der Waals surface area (Å²) >= 11 is 0. The second-order valence-electron chi connectivity index (χ2n) is 6.79. The maximum absolute atomic E-state index is 12.8. The second-order valence-corrected chi connectivity index (χ2v) is 6.79. The van der Waals surface area contributed by atoms with Gasteiger partial charge in [-0.25, -0.2) is 0 Å². The lowest BCUT2D eigenvalue weighted by atomic mass is 10.1. The number of anilines is 1. The van der Waals surface area contributed by atoms with E-state index in [0.29, 0.717) is 48.8 Å². The van der Waals surface area contributed by atoms with E-state index in [2.05, 4.69) is 11.4 Å². The van der Waals surface area contributed by atoms with Crippen LogP contribution in [0.4, 0.5) is 5.69 Å². The molecule has 0 atom stereocenters. The lowest BCUT2D eigenvalue weighted by molar-refractivity contribution is -0.130. The Kier molecular flexibility index (Phi) is 6.75. The predicted octanol–water partition coefficient (Wildman–Crippen LogP) is 1.97. The standard InChI is InChI=1S/C22H24N4O4/c1-29-19-8-5-17(13-20(19)30-2)22(28)26-11-9-25(10-12-26)21(27)15-24-18-6-3-16(14-23)4-7-18/h3-8,13,24H,9-12,15H2,1-2H3. The molecule has 0 spiro atoms. The molecule has 8 heteroatoms. The van der Waals surface area contributed by atoms with Gasteiger partial charge in [-0.2, -0.15) is 5.26 Å². The molecule has 0 radical (unpaired) electrons. The highest BCUT2D eigenvalue weighted by Crippen LogP contribution is 2.28. The Balaban J connectivity index is 1.51. The number of carbonyl (C=O) groups is 2. The number of amides is 2. The number of rotatable bonds is 6. The average molecular weight is 408 g/mol. The van der Waals surface area contributed by atoms with Crippen LogP contribution in [-0.4, -0.2) is 68.6 Å². The molecule has 8 nitrogen and oxygen atoms in total. The molecule has 1 fully saturated rings. The van der Waals surface area contributed by atoms with Crippen molar-refractivity contribution in [1.29, 1.82) is 5.26 Å². The van der Waals surface area contributed by atoms with Gasteiger partial charge in [0.25, 0.3) is 5.91 Å². The number of benzene rings is 2. The van der Waals surface area contributed by atoms with Crippen LogP contribution < -0.4 is 14.8 Å². The summed E-state index contributed by atoms with van der Waals surface area (Å²) in [6.07, 6.45) is 0. The van der Waals surface area contributed by atoms with Crippen molar-refractivity contribution in [3.8, 4) is 17.6 Å². The van der Waals surface area contributed by atoms with E-state index in [1.165, 1.54) is 7.11 Å². The monoisotopic (exact) mass is 408 g/mol. The maximum Gasteiger partial charge on any atom is 0.254 e. The van der Waals surface area contributed by atoms with E-state index in [0.717, 1.165) is 5.69 Å². The Hall–Kier alpha value is -3.73. The fraction of sp³-hybridized carbons (Fsp3) is 0.318. The zero-order valence-electron chi connectivity index (χ0n) is 17.1. The quantitative estimate of drug-likeness (QED) is 0.785. The summed E-state index contributed by atoms with van der Waals surface area (Å²) < 4.78 is 10.5. The third-order valence-corrected chi connectivity index (χ3v) is 5.01.